The Morgan fingerprint density at radius 1 is 0.571 bits per heavy atom. The van der Waals surface area contributed by atoms with Crippen molar-refractivity contribution in [1.29, 1.82) is 0 Å². The highest BCUT2D eigenvalue weighted by atomic mass is 32.7. The average Bonchev–Trinajstić information content (AvgIpc) is 1.66. The first-order valence-corrected chi connectivity index (χ1v) is 36.8. The molecule has 8 aliphatic rings. The highest BCUT2D eigenvalue weighted by molar-refractivity contribution is 8.44. The quantitative estimate of drug-likeness (QED) is 0.0695. The van der Waals surface area contributed by atoms with Gasteiger partial charge in [0.2, 0.25) is 11.9 Å². The van der Waals surface area contributed by atoms with Crippen molar-refractivity contribution in [3.63, 3.8) is 0 Å². The smallest absolute Gasteiger partial charge is 0.369 e. The molecule has 14 heterocycles. The van der Waals surface area contributed by atoms with E-state index in [4.69, 9.17) is 108 Å². The van der Waals surface area contributed by atoms with Crippen LogP contribution in [0.1, 0.15) is 67.4 Å². The van der Waals surface area contributed by atoms with Gasteiger partial charge in [-0.05, 0) is 35.4 Å². The van der Waals surface area contributed by atoms with E-state index in [1.807, 2.05) is 0 Å². The van der Waals surface area contributed by atoms with E-state index in [2.05, 4.69) is 62.1 Å². The minimum atomic E-state index is -4.50. The number of anilines is 2. The number of H-pyrrole nitrogens is 2. The molecule has 4 bridgehead atoms. The van der Waals surface area contributed by atoms with Gasteiger partial charge in [-0.1, -0.05) is 19.7 Å². The second-order valence-electron chi connectivity index (χ2n) is 20.7. The van der Waals surface area contributed by atoms with Crippen molar-refractivity contribution < 1.29 is 96.7 Å². The number of carbonyl (C=O) groups excluding carboxylic acids is 1. The first-order chi connectivity index (χ1) is 42.6. The van der Waals surface area contributed by atoms with Crippen LogP contribution in [-0.4, -0.2) is 191 Å². The molecule has 36 nitrogen and oxygen atoms in total. The Morgan fingerprint density at radius 3 is 1.53 bits per heavy atom. The number of nitrogen functional groups attached to an aromatic ring is 2. The van der Waals surface area contributed by atoms with Crippen molar-refractivity contribution in [3.05, 3.63) is 57.4 Å². The Morgan fingerprint density at radius 2 is 1.00 bits per heavy atom. The SMILES string of the molecule is C.Nc1nc2c(ncn2[C@@H]2O[C@@H]3COP(O)(=S)O[C@H]4[C@H](F)[C@H](n5cnc6c5N=CCC6=O)O[C@@H]4COP(=O)(S)OC2[C@@H]3F)c(=O)[nH]1.Nc1nc2c(ncn2[C@@H]2O[C@@H]3COP(O)(=S)O[C@H]4[C@H](F)[C@H](n5cnc6c5N=CCC6N)O[C@@H]4COP(O)(=S)O[C@@H]2[C@@H]3F)c(=O)[nH]1. The Labute approximate surface area is 526 Å². The van der Waals surface area contributed by atoms with E-state index in [1.165, 1.54) is 26.2 Å². The molecular formula is C43H51F4N17O19P4S4. The zero-order valence-corrected chi connectivity index (χ0v) is 51.9. The summed E-state index contributed by atoms with van der Waals surface area (Å²) in [6.07, 6.45) is -18.4. The fraction of sp³-hybridized carbons (Fsp3) is 0.558. The van der Waals surface area contributed by atoms with Gasteiger partial charge in [0.15, 0.2) is 95.0 Å². The Balaban J connectivity index is 0.000000174. The second-order valence-corrected chi connectivity index (χ2v) is 32.0. The Hall–Kier alpha value is -4.66. The number of alkyl halides is 4. The number of nitrogens with two attached hydrogens (primary N) is 3. The van der Waals surface area contributed by atoms with Gasteiger partial charge in [0, 0.05) is 25.3 Å². The van der Waals surface area contributed by atoms with Crippen LogP contribution in [0.3, 0.4) is 0 Å². The topological polar surface area (TPSA) is 471 Å². The maximum atomic E-state index is 16.0. The minimum absolute atomic E-state index is 0. The molecule has 48 heteroatoms. The molecule has 14 rings (SSSR count). The molecule has 0 radical (unpaired) electrons. The van der Waals surface area contributed by atoms with E-state index >= 15 is 17.6 Å². The van der Waals surface area contributed by atoms with Crippen LogP contribution in [0.25, 0.3) is 22.3 Å². The molecular weight excluding hydrogens is 1390 g/mol. The summed E-state index contributed by atoms with van der Waals surface area (Å²) in [6, 6.07) is -0.459. The van der Waals surface area contributed by atoms with E-state index in [0.29, 0.717) is 12.1 Å². The molecule has 6 unspecified atom stereocenters. The van der Waals surface area contributed by atoms with Gasteiger partial charge >= 0.3 is 27.0 Å². The number of ketones is 1. The molecule has 8 aliphatic heterocycles. The molecule has 0 aromatic carbocycles. The summed E-state index contributed by atoms with van der Waals surface area (Å²) < 4.78 is 149. The minimum Gasteiger partial charge on any atom is -0.369 e. The third-order valence-electron chi connectivity index (χ3n) is 14.9. The number of ether oxygens (including phenoxy) is 4. The van der Waals surface area contributed by atoms with Crippen molar-refractivity contribution in [2.24, 2.45) is 15.7 Å². The zero-order valence-electron chi connectivity index (χ0n) is 45.0. The summed E-state index contributed by atoms with van der Waals surface area (Å²) in [4.78, 5) is 107. The molecule has 6 aromatic heterocycles. The number of rotatable bonds is 4. The first kappa shape index (κ1) is 66.4. The number of nitrogens with one attached hydrogen (secondary N) is 2. The van der Waals surface area contributed by atoms with Crippen molar-refractivity contribution in [1.82, 2.24) is 58.1 Å². The number of fused-ring (bicyclic) bond motifs is 10. The number of aliphatic imine (C=N–C) groups is 2. The van der Waals surface area contributed by atoms with Crippen molar-refractivity contribution >= 4 is 139 Å². The summed E-state index contributed by atoms with van der Waals surface area (Å²) >= 11 is 19.4. The summed E-state index contributed by atoms with van der Waals surface area (Å²) in [5.41, 5.74) is 16.0. The van der Waals surface area contributed by atoms with Crippen molar-refractivity contribution in [2.45, 2.75) is 125 Å². The molecule has 494 valence electrons. The lowest BCUT2D eigenvalue weighted by Gasteiger charge is -2.27. The lowest BCUT2D eigenvalue weighted by atomic mass is 10.1. The van der Waals surface area contributed by atoms with E-state index in [9.17, 15) is 33.6 Å². The third kappa shape index (κ3) is 12.8. The number of carbonyl (C=O) groups is 1. The second kappa shape index (κ2) is 25.2. The van der Waals surface area contributed by atoms with Crippen LogP contribution in [-0.2, 0) is 95.1 Å². The molecule has 21 atom stereocenters. The van der Waals surface area contributed by atoms with E-state index in [0.717, 1.165) is 23.5 Å². The molecule has 6 aromatic rings. The van der Waals surface area contributed by atoms with Crippen LogP contribution in [0.15, 0.2) is 44.9 Å². The maximum absolute atomic E-state index is 16.0. The van der Waals surface area contributed by atoms with Crippen LogP contribution in [0.4, 0.5) is 41.1 Å². The molecule has 6 saturated heterocycles. The molecule has 0 amide bonds. The molecule has 91 heavy (non-hydrogen) atoms. The summed E-state index contributed by atoms with van der Waals surface area (Å²) in [6.45, 7) is -20.2. The number of hydrogen-bond acceptors (Lipinski definition) is 30. The van der Waals surface area contributed by atoms with Crippen LogP contribution in [0.5, 0.6) is 0 Å². The van der Waals surface area contributed by atoms with E-state index < -0.39 is 169 Å². The van der Waals surface area contributed by atoms with Crippen LogP contribution in [0.2, 0.25) is 0 Å². The molecule has 11 N–H and O–H groups in total. The summed E-state index contributed by atoms with van der Waals surface area (Å²) in [5.74, 6) is -0.549. The largest absolute Gasteiger partial charge is 0.386 e. The number of aromatic amines is 2. The van der Waals surface area contributed by atoms with Gasteiger partial charge in [0.1, 0.15) is 54.5 Å². The lowest BCUT2D eigenvalue weighted by Crippen LogP contribution is -2.34. The Kier molecular flexibility index (Phi) is 18.3. The normalized spacial score (nSPS) is 39.2. The maximum Gasteiger partial charge on any atom is 0.386 e. The molecule has 0 aliphatic carbocycles. The predicted octanol–water partition coefficient (Wildman–Crippen LogP) is 2.49. The van der Waals surface area contributed by atoms with Gasteiger partial charge < -0.3 is 64.4 Å². The van der Waals surface area contributed by atoms with Crippen LogP contribution >= 0.6 is 39.2 Å². The zero-order chi connectivity index (χ0) is 63.7. The lowest BCUT2D eigenvalue weighted by molar-refractivity contribution is -0.0601. The summed E-state index contributed by atoms with van der Waals surface area (Å²) in [7, 11) is 0. The third-order valence-corrected chi connectivity index (χ3v) is 21.2. The van der Waals surface area contributed by atoms with Crippen LogP contribution in [0, 0.1) is 0 Å². The molecule has 0 saturated carbocycles. The van der Waals surface area contributed by atoms with Gasteiger partial charge in [-0.3, -0.25) is 65.2 Å². The first-order valence-electron chi connectivity index (χ1n) is 26.4. The van der Waals surface area contributed by atoms with E-state index in [-0.39, 0.29) is 71.2 Å². The number of aromatic nitrogens is 12. The monoisotopic (exact) mass is 1440 g/mol. The molecule has 6 fully saturated rings. The number of Topliss-reactive ketones (excluding diaryl/α,β-unsaturated/α-hetero) is 1. The highest BCUT2D eigenvalue weighted by Crippen LogP contribution is 2.60. The number of halogens is 4. The fourth-order valence-corrected chi connectivity index (χ4v) is 16.6. The predicted molar refractivity (Wildman–Crippen MR) is 318 cm³/mol. The van der Waals surface area contributed by atoms with Gasteiger partial charge in [-0.15, -0.1) is 0 Å². The van der Waals surface area contributed by atoms with E-state index in [1.54, 1.807) is 6.21 Å². The number of imidazole rings is 4. The van der Waals surface area contributed by atoms with Gasteiger partial charge in [-0.2, -0.15) is 9.97 Å². The Bertz CT molecular complexity index is 4230. The fourth-order valence-electron chi connectivity index (χ4n) is 10.8. The van der Waals surface area contributed by atoms with Gasteiger partial charge in [0.25, 0.3) is 11.1 Å². The standard InChI is InChI=1S/C21H25F2N9O9P2S2.C21H22F2N8O10P2S2.CH4/c22-10-8-3-36-42(34,44)40-14-9(39-19(11(14)23)31-5-27-12-7(24)1-2-26-16(12)31)4-37-43(35,45)41-15(10)20(38-8)32-6-28-13-17(32)29-21(25)30-18(13)33;22-10-8-3-36-42(34,44)40-14-9(39-19(11(14)23)30-5-26-12-7(32)1-2-25-16(12)30)4-37-43(35,45)41-15(10)20(38-8)31-6-27-13-17(31)28-21(24)29-18(13)33;/h2,5-11,14-15,19-20H,1,3-4,24H2,(H,34,44)(H,35,45)(H3,25,29,30,33);2,5-6,8-11,14-15,19-20H,1,3-4H2,(H,34,44)(H,35,45)(H3,24,28,29,33);1H4/t7?,8-,9-,10-,11+,14-,15-,19-,20-,42?,43?;8-,9-,10-,11+,14-,15?,19-,20-,42?,43?;/m11./s1. The number of hydrogen-bond donors (Lipinski definition) is 9. The molecule has 0 spiro atoms. The highest BCUT2D eigenvalue weighted by Gasteiger charge is 2.57. The number of thiol groups is 1. The average molecular weight is 1440 g/mol. The van der Waals surface area contributed by atoms with Crippen molar-refractivity contribution in [2.75, 3.05) is 37.9 Å². The van der Waals surface area contributed by atoms with Gasteiger partial charge in [-0.25, -0.2) is 52.0 Å². The van der Waals surface area contributed by atoms with Gasteiger partial charge in [0.05, 0.1) is 57.8 Å². The van der Waals surface area contributed by atoms with Crippen molar-refractivity contribution in [3.8, 4) is 0 Å². The van der Waals surface area contributed by atoms with Crippen LogP contribution < -0.4 is 28.3 Å². The summed E-state index contributed by atoms with van der Waals surface area (Å²) in [5, 5.41) is 0. The number of nitrogens with zero attached hydrogens (tertiary/aromatic N) is 12.